The molecule has 5 heteroatoms. The van der Waals surface area contributed by atoms with Crippen LogP contribution in [0.1, 0.15) is 31.1 Å². The molecule has 92 valence electrons. The number of hydrogen-bond acceptors (Lipinski definition) is 4. The van der Waals surface area contributed by atoms with E-state index in [4.69, 9.17) is 0 Å². The van der Waals surface area contributed by atoms with Crippen LogP contribution < -0.4 is 4.90 Å². The first-order valence-corrected chi connectivity index (χ1v) is 5.51. The molecule has 0 spiro atoms. The van der Waals surface area contributed by atoms with Crippen LogP contribution in [0.5, 0.6) is 0 Å². The fourth-order valence-electron chi connectivity index (χ4n) is 1.83. The molecule has 1 rings (SSSR count). The van der Waals surface area contributed by atoms with Crippen molar-refractivity contribution in [1.29, 1.82) is 0 Å². The number of anilines is 1. The number of aldehydes is 1. The largest absolute Gasteiger partial charge is 0.369 e. The second kappa shape index (κ2) is 5.43. The molecule has 0 aliphatic carbocycles. The topological polar surface area (TPSA) is 63.4 Å². The van der Waals surface area contributed by atoms with Crippen molar-refractivity contribution in [3.63, 3.8) is 0 Å². The second-order valence-corrected chi connectivity index (χ2v) is 4.00. The van der Waals surface area contributed by atoms with E-state index in [0.29, 0.717) is 11.8 Å². The smallest absolute Gasteiger partial charge is 0.270 e. The third-order valence-electron chi connectivity index (χ3n) is 2.62. The minimum Gasteiger partial charge on any atom is -0.369 e. The van der Waals surface area contributed by atoms with E-state index in [2.05, 4.69) is 0 Å². The molecule has 0 radical (unpaired) electrons. The molecule has 0 heterocycles. The molecule has 0 aromatic heterocycles. The summed E-state index contributed by atoms with van der Waals surface area (Å²) < 4.78 is 0. The highest BCUT2D eigenvalue weighted by atomic mass is 16.6. The number of benzene rings is 1. The summed E-state index contributed by atoms with van der Waals surface area (Å²) in [5, 5.41) is 10.6. The molecule has 1 aromatic carbocycles. The summed E-state index contributed by atoms with van der Waals surface area (Å²) in [6, 6.07) is 4.60. The molecular formula is C12H16N2O3. The summed E-state index contributed by atoms with van der Waals surface area (Å²) >= 11 is 0. The predicted octanol–water partition coefficient (Wildman–Crippen LogP) is 2.64. The average Bonchev–Trinajstić information content (AvgIpc) is 2.29. The Kier molecular flexibility index (Phi) is 4.20. The molecule has 0 unspecified atom stereocenters. The zero-order chi connectivity index (χ0) is 13.0. The molecule has 0 amide bonds. The summed E-state index contributed by atoms with van der Waals surface area (Å²) in [6.07, 6.45) is 0.660. The SMILES string of the molecule is CCN(c1ccc([N+](=O)[O-])cc1C=O)C(C)C. The molecule has 0 N–H and O–H groups in total. The Balaban J connectivity index is 3.24. The van der Waals surface area contributed by atoms with Crippen LogP contribution in [-0.2, 0) is 0 Å². The summed E-state index contributed by atoms with van der Waals surface area (Å²) in [5.74, 6) is 0. The highest BCUT2D eigenvalue weighted by Crippen LogP contribution is 2.25. The number of carbonyl (C=O) groups excluding carboxylic acids is 1. The van der Waals surface area contributed by atoms with Crippen LogP contribution in [0.25, 0.3) is 0 Å². The van der Waals surface area contributed by atoms with Gasteiger partial charge < -0.3 is 4.90 Å². The van der Waals surface area contributed by atoms with E-state index >= 15 is 0 Å². The molecule has 0 aliphatic rings. The van der Waals surface area contributed by atoms with Crippen LogP contribution in [0.3, 0.4) is 0 Å². The standard InChI is InChI=1S/C12H16N2O3/c1-4-13(9(2)3)12-6-5-11(14(16)17)7-10(12)8-15/h5-9H,4H2,1-3H3. The van der Waals surface area contributed by atoms with Crippen LogP contribution in [0, 0.1) is 10.1 Å². The number of rotatable bonds is 5. The zero-order valence-corrected chi connectivity index (χ0v) is 10.2. The van der Waals surface area contributed by atoms with E-state index < -0.39 is 4.92 Å². The lowest BCUT2D eigenvalue weighted by Crippen LogP contribution is -2.31. The van der Waals surface area contributed by atoms with Crippen molar-refractivity contribution in [3.8, 4) is 0 Å². The number of nitro benzene ring substituents is 1. The van der Waals surface area contributed by atoms with Gasteiger partial charge in [-0.15, -0.1) is 0 Å². The van der Waals surface area contributed by atoms with Gasteiger partial charge >= 0.3 is 0 Å². The van der Waals surface area contributed by atoms with Crippen molar-refractivity contribution < 1.29 is 9.72 Å². The van der Waals surface area contributed by atoms with Crippen LogP contribution >= 0.6 is 0 Å². The highest BCUT2D eigenvalue weighted by Gasteiger charge is 2.16. The highest BCUT2D eigenvalue weighted by molar-refractivity contribution is 5.86. The lowest BCUT2D eigenvalue weighted by molar-refractivity contribution is -0.384. The number of nitro groups is 1. The molecule has 0 bridgehead atoms. The fraction of sp³-hybridized carbons (Fsp3) is 0.417. The fourth-order valence-corrected chi connectivity index (χ4v) is 1.83. The summed E-state index contributed by atoms with van der Waals surface area (Å²) in [5.41, 5.74) is 1.04. The lowest BCUT2D eigenvalue weighted by Gasteiger charge is -2.28. The van der Waals surface area contributed by atoms with Gasteiger partial charge in [-0.2, -0.15) is 0 Å². The first kappa shape index (κ1) is 13.2. The maximum absolute atomic E-state index is 11.0. The second-order valence-electron chi connectivity index (χ2n) is 4.00. The molecule has 1 aromatic rings. The van der Waals surface area contributed by atoms with Gasteiger partial charge in [0.15, 0.2) is 6.29 Å². The van der Waals surface area contributed by atoms with Gasteiger partial charge in [0, 0.05) is 36.0 Å². The van der Waals surface area contributed by atoms with Gasteiger partial charge in [-0.25, -0.2) is 0 Å². The third kappa shape index (κ3) is 2.81. The van der Waals surface area contributed by atoms with Crippen molar-refractivity contribution in [3.05, 3.63) is 33.9 Å². The molecule has 0 atom stereocenters. The van der Waals surface area contributed by atoms with E-state index in [1.165, 1.54) is 12.1 Å². The predicted molar refractivity (Wildman–Crippen MR) is 66.6 cm³/mol. The Morgan fingerprint density at radius 3 is 2.53 bits per heavy atom. The zero-order valence-electron chi connectivity index (χ0n) is 10.2. The van der Waals surface area contributed by atoms with Gasteiger partial charge in [-0.05, 0) is 26.8 Å². The van der Waals surface area contributed by atoms with E-state index in [9.17, 15) is 14.9 Å². The summed E-state index contributed by atoms with van der Waals surface area (Å²) in [6.45, 7) is 6.76. The van der Waals surface area contributed by atoms with Gasteiger partial charge in [0.1, 0.15) is 0 Å². The maximum Gasteiger partial charge on any atom is 0.270 e. The molecular weight excluding hydrogens is 220 g/mol. The number of nitrogens with zero attached hydrogens (tertiary/aromatic N) is 2. The van der Waals surface area contributed by atoms with Gasteiger partial charge in [0.25, 0.3) is 5.69 Å². The molecule has 5 nitrogen and oxygen atoms in total. The van der Waals surface area contributed by atoms with Gasteiger partial charge in [0.2, 0.25) is 0 Å². The first-order chi connectivity index (χ1) is 8.01. The quantitative estimate of drug-likeness (QED) is 0.448. The van der Waals surface area contributed by atoms with Crippen molar-refractivity contribution >= 4 is 17.7 Å². The Labute approximate surface area is 100 Å². The summed E-state index contributed by atoms with van der Waals surface area (Å²) in [4.78, 5) is 23.1. The van der Waals surface area contributed by atoms with Crippen LogP contribution in [-0.4, -0.2) is 23.8 Å². The minimum absolute atomic E-state index is 0.0596. The number of hydrogen-bond donors (Lipinski definition) is 0. The number of non-ortho nitro benzene ring substituents is 1. The van der Waals surface area contributed by atoms with Gasteiger partial charge in [-0.3, -0.25) is 14.9 Å². The minimum atomic E-state index is -0.498. The third-order valence-corrected chi connectivity index (χ3v) is 2.62. The summed E-state index contributed by atoms with van der Waals surface area (Å²) in [7, 11) is 0. The Morgan fingerprint density at radius 1 is 1.47 bits per heavy atom. The Hall–Kier alpha value is -1.91. The van der Waals surface area contributed by atoms with E-state index in [0.717, 1.165) is 12.2 Å². The Morgan fingerprint density at radius 2 is 2.12 bits per heavy atom. The van der Waals surface area contributed by atoms with Gasteiger partial charge in [0.05, 0.1) is 4.92 Å². The van der Waals surface area contributed by atoms with Crippen LogP contribution in [0.2, 0.25) is 0 Å². The van der Waals surface area contributed by atoms with E-state index in [1.54, 1.807) is 6.07 Å². The van der Waals surface area contributed by atoms with Crippen molar-refractivity contribution in [2.75, 3.05) is 11.4 Å². The van der Waals surface area contributed by atoms with Gasteiger partial charge in [-0.1, -0.05) is 0 Å². The lowest BCUT2D eigenvalue weighted by atomic mass is 10.1. The molecule has 0 fully saturated rings. The normalized spacial score (nSPS) is 10.4. The van der Waals surface area contributed by atoms with Crippen molar-refractivity contribution in [1.82, 2.24) is 0 Å². The van der Waals surface area contributed by atoms with E-state index in [-0.39, 0.29) is 11.7 Å². The maximum atomic E-state index is 11.0. The number of carbonyl (C=O) groups is 1. The Bertz CT molecular complexity index is 430. The first-order valence-electron chi connectivity index (χ1n) is 5.51. The molecule has 0 saturated heterocycles. The average molecular weight is 236 g/mol. The molecule has 0 saturated carbocycles. The van der Waals surface area contributed by atoms with Crippen LogP contribution in [0.4, 0.5) is 11.4 Å². The van der Waals surface area contributed by atoms with Crippen molar-refractivity contribution in [2.45, 2.75) is 26.8 Å². The van der Waals surface area contributed by atoms with Crippen LogP contribution in [0.15, 0.2) is 18.2 Å². The van der Waals surface area contributed by atoms with E-state index in [1.807, 2.05) is 25.7 Å². The monoisotopic (exact) mass is 236 g/mol. The molecule has 0 aliphatic heterocycles. The molecule has 17 heavy (non-hydrogen) atoms. The van der Waals surface area contributed by atoms with Crippen molar-refractivity contribution in [2.24, 2.45) is 0 Å².